The highest BCUT2D eigenvalue weighted by molar-refractivity contribution is 5.98. The van der Waals surface area contributed by atoms with Crippen LogP contribution in [0.3, 0.4) is 0 Å². The van der Waals surface area contributed by atoms with Gasteiger partial charge in [0.25, 0.3) is 5.91 Å². The molecule has 0 atom stereocenters. The number of anilines is 2. The summed E-state index contributed by atoms with van der Waals surface area (Å²) in [5, 5.41) is 2.56. The molecule has 0 bridgehead atoms. The Morgan fingerprint density at radius 1 is 1.16 bits per heavy atom. The second-order valence-corrected chi connectivity index (χ2v) is 4.94. The summed E-state index contributed by atoms with van der Waals surface area (Å²) < 4.78 is 9.49. The summed E-state index contributed by atoms with van der Waals surface area (Å²) in [6.45, 7) is 1.21. The minimum absolute atomic E-state index is 0.0884. The number of aryl methyl sites for hydroxylation is 1. The summed E-state index contributed by atoms with van der Waals surface area (Å²) in [4.78, 5) is 42.8. The number of methoxy groups -OCH3 is 1. The number of carbonyl (C=O) groups excluding carboxylic acids is 3. The van der Waals surface area contributed by atoms with Crippen molar-refractivity contribution in [2.24, 2.45) is 0 Å². The zero-order valence-corrected chi connectivity index (χ0v) is 13.6. The average Bonchev–Trinajstić information content (AvgIpc) is 2.61. The molecule has 2 aromatic rings. The standard InChI is InChI=1S/C16H16N4O5/c1-9-3-4-10(15(22)24-2)7-11(9)20-12(21)8-25-16(23)13-14(17)19-6-5-18-13/h3-7H,8H2,1-2H3,(H2,17,19)(H,20,21). The van der Waals surface area contributed by atoms with Gasteiger partial charge in [-0.1, -0.05) is 6.07 Å². The largest absolute Gasteiger partial charge is 0.465 e. The molecule has 2 rings (SSSR count). The van der Waals surface area contributed by atoms with E-state index in [9.17, 15) is 14.4 Å². The number of nitrogens with one attached hydrogen (secondary N) is 1. The van der Waals surface area contributed by atoms with Gasteiger partial charge in [-0.2, -0.15) is 0 Å². The maximum absolute atomic E-state index is 12.0. The van der Waals surface area contributed by atoms with Crippen LogP contribution in [0.5, 0.6) is 0 Å². The third-order valence-electron chi connectivity index (χ3n) is 3.19. The maximum atomic E-state index is 12.0. The molecule has 0 aliphatic heterocycles. The fraction of sp³-hybridized carbons (Fsp3) is 0.188. The van der Waals surface area contributed by atoms with Crippen molar-refractivity contribution in [3.63, 3.8) is 0 Å². The van der Waals surface area contributed by atoms with Crippen molar-refractivity contribution >= 4 is 29.4 Å². The van der Waals surface area contributed by atoms with Gasteiger partial charge >= 0.3 is 11.9 Å². The van der Waals surface area contributed by atoms with Crippen LogP contribution in [0.4, 0.5) is 11.5 Å². The SMILES string of the molecule is COC(=O)c1ccc(C)c(NC(=O)COC(=O)c2nccnc2N)c1. The van der Waals surface area contributed by atoms with E-state index in [1.165, 1.54) is 25.6 Å². The third-order valence-corrected chi connectivity index (χ3v) is 3.19. The number of amides is 1. The van der Waals surface area contributed by atoms with Gasteiger partial charge in [-0.25, -0.2) is 19.6 Å². The highest BCUT2D eigenvalue weighted by Crippen LogP contribution is 2.17. The quantitative estimate of drug-likeness (QED) is 0.766. The van der Waals surface area contributed by atoms with Crippen LogP contribution in [0.1, 0.15) is 26.4 Å². The first-order valence-electron chi connectivity index (χ1n) is 7.14. The van der Waals surface area contributed by atoms with E-state index in [0.29, 0.717) is 5.69 Å². The lowest BCUT2D eigenvalue weighted by Gasteiger charge is -2.10. The summed E-state index contributed by atoms with van der Waals surface area (Å²) in [6.07, 6.45) is 2.62. The van der Waals surface area contributed by atoms with Crippen molar-refractivity contribution in [1.82, 2.24) is 9.97 Å². The molecule has 0 aliphatic rings. The molecular formula is C16H16N4O5. The summed E-state index contributed by atoms with van der Waals surface area (Å²) in [6, 6.07) is 4.71. The zero-order valence-electron chi connectivity index (χ0n) is 13.6. The third kappa shape index (κ3) is 4.50. The number of nitrogens with zero attached hydrogens (tertiary/aromatic N) is 2. The summed E-state index contributed by atoms with van der Waals surface area (Å²) in [5.74, 6) is -2.06. The zero-order chi connectivity index (χ0) is 18.4. The molecule has 1 amide bonds. The van der Waals surface area contributed by atoms with Gasteiger partial charge in [-0.3, -0.25) is 4.79 Å². The molecule has 0 saturated carbocycles. The second-order valence-electron chi connectivity index (χ2n) is 4.94. The average molecular weight is 344 g/mol. The molecule has 1 heterocycles. The number of hydrogen-bond acceptors (Lipinski definition) is 8. The van der Waals surface area contributed by atoms with Gasteiger partial charge in [0.2, 0.25) is 0 Å². The lowest BCUT2D eigenvalue weighted by molar-refractivity contribution is -0.119. The molecule has 25 heavy (non-hydrogen) atoms. The Hall–Kier alpha value is -3.49. The Kier molecular flexibility index (Phi) is 5.62. The van der Waals surface area contributed by atoms with Gasteiger partial charge in [0.1, 0.15) is 0 Å². The molecular weight excluding hydrogens is 328 g/mol. The van der Waals surface area contributed by atoms with Crippen LogP contribution in [-0.2, 0) is 14.3 Å². The van der Waals surface area contributed by atoms with E-state index in [1.54, 1.807) is 19.1 Å². The van der Waals surface area contributed by atoms with Crippen LogP contribution in [0.15, 0.2) is 30.6 Å². The smallest absolute Gasteiger partial charge is 0.361 e. The van der Waals surface area contributed by atoms with Crippen LogP contribution in [-0.4, -0.2) is 41.5 Å². The van der Waals surface area contributed by atoms with Crippen molar-refractivity contribution < 1.29 is 23.9 Å². The fourth-order valence-corrected chi connectivity index (χ4v) is 1.89. The molecule has 0 aliphatic carbocycles. The molecule has 1 aromatic carbocycles. The summed E-state index contributed by atoms with van der Waals surface area (Å²) >= 11 is 0. The van der Waals surface area contributed by atoms with Gasteiger partial charge in [0, 0.05) is 18.1 Å². The minimum atomic E-state index is -0.860. The predicted octanol–water partition coefficient (Wildman–Crippen LogP) is 0.949. The Morgan fingerprint density at radius 2 is 1.88 bits per heavy atom. The van der Waals surface area contributed by atoms with Crippen LogP contribution >= 0.6 is 0 Å². The molecule has 0 saturated heterocycles. The van der Waals surface area contributed by atoms with Gasteiger partial charge in [-0.15, -0.1) is 0 Å². The van der Waals surface area contributed by atoms with Crippen LogP contribution in [0, 0.1) is 6.92 Å². The topological polar surface area (TPSA) is 134 Å². The molecule has 1 aromatic heterocycles. The number of nitrogens with two attached hydrogens (primary N) is 1. The van der Waals surface area contributed by atoms with E-state index in [0.717, 1.165) is 5.56 Å². The number of nitrogen functional groups attached to an aromatic ring is 1. The highest BCUT2D eigenvalue weighted by Gasteiger charge is 2.16. The van der Waals surface area contributed by atoms with Crippen molar-refractivity contribution in [2.45, 2.75) is 6.92 Å². The van der Waals surface area contributed by atoms with Crippen LogP contribution < -0.4 is 11.1 Å². The number of benzene rings is 1. The molecule has 3 N–H and O–H groups in total. The molecule has 9 heteroatoms. The first kappa shape index (κ1) is 17.9. The predicted molar refractivity (Wildman–Crippen MR) is 87.9 cm³/mol. The van der Waals surface area contributed by atoms with Gasteiger partial charge in [0.15, 0.2) is 18.1 Å². The molecule has 9 nitrogen and oxygen atoms in total. The number of hydrogen-bond donors (Lipinski definition) is 2. The minimum Gasteiger partial charge on any atom is -0.465 e. The summed E-state index contributed by atoms with van der Waals surface area (Å²) in [7, 11) is 1.26. The number of ether oxygens (including phenoxy) is 2. The fourth-order valence-electron chi connectivity index (χ4n) is 1.89. The molecule has 0 spiro atoms. The monoisotopic (exact) mass is 344 g/mol. The van der Waals surface area contributed by atoms with Crippen LogP contribution in [0.2, 0.25) is 0 Å². The van der Waals surface area contributed by atoms with Gasteiger partial charge in [0.05, 0.1) is 12.7 Å². The van der Waals surface area contributed by atoms with E-state index >= 15 is 0 Å². The Bertz CT molecular complexity index is 822. The van der Waals surface area contributed by atoms with E-state index in [1.807, 2.05) is 0 Å². The van der Waals surface area contributed by atoms with Crippen molar-refractivity contribution in [3.05, 3.63) is 47.4 Å². The first-order valence-corrected chi connectivity index (χ1v) is 7.14. The molecule has 0 fully saturated rings. The highest BCUT2D eigenvalue weighted by atomic mass is 16.5. The Labute approximate surface area is 143 Å². The lowest BCUT2D eigenvalue weighted by atomic mass is 10.1. The second kappa shape index (κ2) is 7.86. The van der Waals surface area contributed by atoms with Gasteiger partial charge < -0.3 is 20.5 Å². The maximum Gasteiger partial charge on any atom is 0.361 e. The molecule has 0 radical (unpaired) electrons. The van der Waals surface area contributed by atoms with Crippen molar-refractivity contribution in [3.8, 4) is 0 Å². The number of rotatable bonds is 5. The number of carbonyl (C=O) groups is 3. The van der Waals surface area contributed by atoms with E-state index in [4.69, 9.17) is 10.5 Å². The lowest BCUT2D eigenvalue weighted by Crippen LogP contribution is -2.22. The van der Waals surface area contributed by atoms with Crippen LogP contribution in [0.25, 0.3) is 0 Å². The molecule has 0 unspecified atom stereocenters. The first-order chi connectivity index (χ1) is 11.9. The van der Waals surface area contributed by atoms with Crippen molar-refractivity contribution in [2.75, 3.05) is 24.8 Å². The van der Waals surface area contributed by atoms with E-state index < -0.39 is 24.5 Å². The van der Waals surface area contributed by atoms with E-state index in [2.05, 4.69) is 20.0 Å². The Balaban J connectivity index is 2.00. The van der Waals surface area contributed by atoms with Gasteiger partial charge in [-0.05, 0) is 24.6 Å². The summed E-state index contributed by atoms with van der Waals surface area (Å²) in [5.41, 5.74) is 6.76. The Morgan fingerprint density at radius 3 is 2.56 bits per heavy atom. The molecule has 130 valence electrons. The normalized spacial score (nSPS) is 10.0. The van der Waals surface area contributed by atoms with Crippen molar-refractivity contribution in [1.29, 1.82) is 0 Å². The number of aromatic nitrogens is 2. The number of esters is 2. The van der Waals surface area contributed by atoms with E-state index in [-0.39, 0.29) is 17.1 Å².